The number of esters is 1. The SMILES string of the molecule is CCOC(=O)C1=C(C)NC(C[PH](c2ccccc2)(c2ccccc2)c2ccccc2)=C(C#N)C1c1cccc([N+](=O)[O-])c1. The van der Waals surface area contributed by atoms with E-state index < -0.39 is 24.1 Å². The maximum atomic E-state index is 13.4. The van der Waals surface area contributed by atoms with Crippen molar-refractivity contribution in [2.45, 2.75) is 19.8 Å². The number of rotatable bonds is 9. The van der Waals surface area contributed by atoms with E-state index in [1.54, 1.807) is 26.0 Å². The normalized spacial score (nSPS) is 15.3. The standard InChI is InChI=1S/C35H32N3O4P/c1-3-42-35(39)33-25(2)37-32(31(23-36)34(33)26-14-13-15-27(22-26)38(40)41)24-43(28-16-7-4-8-17-28,29-18-9-5-10-19-29)30-20-11-6-12-21-30/h4-22,34,37,43H,3,24H2,1-2H3. The third-order valence-electron chi connectivity index (χ3n) is 7.92. The van der Waals surface area contributed by atoms with E-state index >= 15 is 0 Å². The van der Waals surface area contributed by atoms with Crippen LogP contribution in [0.4, 0.5) is 5.69 Å². The zero-order chi connectivity index (χ0) is 30.4. The van der Waals surface area contributed by atoms with Gasteiger partial charge in [0, 0.05) is 0 Å². The number of non-ortho nitro benzene ring substituents is 1. The number of nitrogens with zero attached hydrogens (tertiary/aromatic N) is 2. The van der Waals surface area contributed by atoms with Crippen molar-refractivity contribution in [1.29, 1.82) is 5.26 Å². The van der Waals surface area contributed by atoms with E-state index in [0.29, 0.717) is 28.7 Å². The quantitative estimate of drug-likeness (QED) is 0.118. The van der Waals surface area contributed by atoms with Crippen LogP contribution in [0, 0.1) is 21.4 Å². The Morgan fingerprint density at radius 3 is 1.91 bits per heavy atom. The van der Waals surface area contributed by atoms with Crippen molar-refractivity contribution in [3.8, 4) is 6.07 Å². The van der Waals surface area contributed by atoms with Crippen LogP contribution in [0.1, 0.15) is 25.3 Å². The summed E-state index contributed by atoms with van der Waals surface area (Å²) in [7, 11) is -2.84. The van der Waals surface area contributed by atoms with Crippen molar-refractivity contribution in [3.63, 3.8) is 0 Å². The number of hydrogen-bond donors (Lipinski definition) is 1. The van der Waals surface area contributed by atoms with Crippen LogP contribution in [0.15, 0.2) is 138 Å². The third-order valence-corrected chi connectivity index (χ3v) is 12.8. The molecule has 0 fully saturated rings. The first-order valence-corrected chi connectivity index (χ1v) is 16.3. The summed E-state index contributed by atoms with van der Waals surface area (Å²) >= 11 is 0. The van der Waals surface area contributed by atoms with Crippen molar-refractivity contribution in [1.82, 2.24) is 5.32 Å². The summed E-state index contributed by atoms with van der Waals surface area (Å²) < 4.78 is 5.42. The molecule has 0 bridgehead atoms. The number of nitro groups is 1. The van der Waals surface area contributed by atoms with Crippen LogP contribution < -0.4 is 21.2 Å². The van der Waals surface area contributed by atoms with Gasteiger partial charge in [-0.05, 0) is 0 Å². The van der Waals surface area contributed by atoms with Gasteiger partial charge in [0.05, 0.1) is 0 Å². The van der Waals surface area contributed by atoms with E-state index in [0.717, 1.165) is 0 Å². The van der Waals surface area contributed by atoms with Crippen molar-refractivity contribution in [2.75, 3.05) is 12.8 Å². The van der Waals surface area contributed by atoms with Gasteiger partial charge in [0.1, 0.15) is 0 Å². The Morgan fingerprint density at radius 1 is 0.907 bits per heavy atom. The van der Waals surface area contributed by atoms with Crippen LogP contribution in [0.3, 0.4) is 0 Å². The summed E-state index contributed by atoms with van der Waals surface area (Å²) in [6.45, 7) is 3.67. The van der Waals surface area contributed by atoms with Gasteiger partial charge in [-0.2, -0.15) is 0 Å². The predicted octanol–water partition coefficient (Wildman–Crippen LogP) is 5.62. The Labute approximate surface area is 251 Å². The van der Waals surface area contributed by atoms with Crippen LogP contribution in [0.5, 0.6) is 0 Å². The molecule has 4 aromatic carbocycles. The fourth-order valence-corrected chi connectivity index (χ4v) is 10.7. The Hall–Kier alpha value is -5.05. The van der Waals surface area contributed by atoms with Crippen molar-refractivity contribution in [2.24, 2.45) is 0 Å². The van der Waals surface area contributed by atoms with E-state index in [4.69, 9.17) is 4.74 Å². The first-order valence-electron chi connectivity index (χ1n) is 14.1. The number of nitrogens with one attached hydrogen (secondary N) is 1. The van der Waals surface area contributed by atoms with Crippen LogP contribution in [-0.4, -0.2) is 23.7 Å². The number of benzene rings is 4. The molecule has 5 rings (SSSR count). The van der Waals surface area contributed by atoms with E-state index in [2.05, 4.69) is 47.8 Å². The summed E-state index contributed by atoms with van der Waals surface area (Å²) in [5.74, 6) is -1.40. The second-order valence-corrected chi connectivity index (χ2v) is 14.2. The van der Waals surface area contributed by atoms with Gasteiger partial charge in [-0.15, -0.1) is 0 Å². The molecule has 0 aromatic heterocycles. The van der Waals surface area contributed by atoms with Gasteiger partial charge in [-0.3, -0.25) is 0 Å². The molecule has 0 radical (unpaired) electrons. The Balaban J connectivity index is 1.79. The molecule has 1 N–H and O–H groups in total. The summed E-state index contributed by atoms with van der Waals surface area (Å²) in [6.07, 6.45) is 0.493. The number of hydrogen-bond acceptors (Lipinski definition) is 6. The van der Waals surface area contributed by atoms with Gasteiger partial charge >= 0.3 is 252 Å². The molecular formula is C35H32N3O4P. The van der Waals surface area contributed by atoms with Crippen LogP contribution in [0.25, 0.3) is 0 Å². The molecule has 8 heteroatoms. The molecule has 0 saturated carbocycles. The molecule has 1 heterocycles. The summed E-state index contributed by atoms with van der Waals surface area (Å²) in [5, 5.41) is 29.4. The van der Waals surface area contributed by atoms with Gasteiger partial charge in [-0.25, -0.2) is 0 Å². The van der Waals surface area contributed by atoms with E-state index in [1.165, 1.54) is 28.0 Å². The van der Waals surface area contributed by atoms with Crippen molar-refractivity contribution < 1.29 is 14.5 Å². The van der Waals surface area contributed by atoms with Gasteiger partial charge in [0.15, 0.2) is 0 Å². The number of dihydropyridines is 1. The summed E-state index contributed by atoms with van der Waals surface area (Å²) in [6, 6.07) is 39.6. The third kappa shape index (κ3) is 5.70. The molecule has 1 aliphatic heterocycles. The molecule has 4 aromatic rings. The second kappa shape index (κ2) is 12.9. The molecule has 43 heavy (non-hydrogen) atoms. The van der Waals surface area contributed by atoms with Gasteiger partial charge in [0.2, 0.25) is 0 Å². The maximum absolute atomic E-state index is 13.4. The molecule has 0 aliphatic carbocycles. The molecule has 1 atom stereocenters. The second-order valence-electron chi connectivity index (χ2n) is 10.4. The summed E-state index contributed by atoms with van der Waals surface area (Å²) in [4.78, 5) is 24.6. The van der Waals surface area contributed by atoms with Crippen molar-refractivity contribution >= 4 is 34.8 Å². The minimum atomic E-state index is -2.84. The van der Waals surface area contributed by atoms with Crippen molar-refractivity contribution in [3.05, 3.63) is 153 Å². The topological polar surface area (TPSA) is 105 Å². The first-order chi connectivity index (χ1) is 20.9. The van der Waals surface area contributed by atoms with Gasteiger partial charge in [-0.1, -0.05) is 0 Å². The number of carbonyl (C=O) groups is 1. The number of allylic oxidation sites excluding steroid dienone is 3. The van der Waals surface area contributed by atoms with Gasteiger partial charge in [0.25, 0.3) is 0 Å². The molecule has 0 saturated heterocycles. The molecule has 1 unspecified atom stereocenters. The van der Waals surface area contributed by atoms with Crippen LogP contribution >= 0.6 is 7.26 Å². The number of ether oxygens (including phenoxy) is 1. The summed E-state index contributed by atoms with van der Waals surface area (Å²) in [5.41, 5.74) is 2.23. The van der Waals surface area contributed by atoms with E-state index in [1.807, 2.05) is 54.6 Å². The van der Waals surface area contributed by atoms with E-state index in [-0.39, 0.29) is 17.9 Å². The molecule has 7 nitrogen and oxygen atoms in total. The van der Waals surface area contributed by atoms with Crippen LogP contribution in [0.2, 0.25) is 0 Å². The zero-order valence-electron chi connectivity index (χ0n) is 24.0. The number of carbonyl (C=O) groups excluding carboxylic acids is 1. The monoisotopic (exact) mass is 589 g/mol. The van der Waals surface area contributed by atoms with E-state index in [9.17, 15) is 20.2 Å². The fraction of sp³-hybridized carbons (Fsp3) is 0.143. The first kappa shape index (κ1) is 29.4. The average molecular weight is 590 g/mol. The fourth-order valence-electron chi connectivity index (χ4n) is 6.04. The Bertz CT molecular complexity index is 1650. The zero-order valence-corrected chi connectivity index (χ0v) is 25.0. The Kier molecular flexibility index (Phi) is 8.80. The average Bonchev–Trinajstić information content (AvgIpc) is 3.04. The Morgan fingerprint density at radius 2 is 1.44 bits per heavy atom. The molecule has 216 valence electrons. The number of nitro benzene ring substituents is 1. The molecule has 0 spiro atoms. The number of nitriles is 1. The predicted molar refractivity (Wildman–Crippen MR) is 172 cm³/mol. The van der Waals surface area contributed by atoms with Crippen LogP contribution in [-0.2, 0) is 9.53 Å². The molecular weight excluding hydrogens is 557 g/mol. The molecule has 0 amide bonds. The minimum absolute atomic E-state index is 0.114. The van der Waals surface area contributed by atoms with Gasteiger partial charge < -0.3 is 0 Å². The molecule has 1 aliphatic rings.